The number of fused-ring (bicyclic) bond motifs is 3. The van der Waals surface area contributed by atoms with Crippen molar-refractivity contribution in [3.8, 4) is 5.75 Å². The van der Waals surface area contributed by atoms with Gasteiger partial charge in [0.15, 0.2) is 11.4 Å². The van der Waals surface area contributed by atoms with Crippen molar-refractivity contribution in [3.05, 3.63) is 46.2 Å². The molecule has 1 aromatic carbocycles. The number of phenolic OH excluding ortho intramolecular Hbond substituents is 1. The Balaban J connectivity index is 0.000000363. The zero-order chi connectivity index (χ0) is 35.4. The Morgan fingerprint density at radius 3 is 2.00 bits per heavy atom. The minimum Gasteiger partial charge on any atom is -0.508 e. The lowest BCUT2D eigenvalue weighted by Crippen LogP contribution is -2.71. The number of aliphatic hydroxyl groups is 5. The molecule has 0 aromatic heterocycles. The number of Topliss-reactive ketones (excluding diaryl/α,β-unsaturated/α-hetero) is 2. The number of unbranched alkanes of at least 4 members (excludes halogenated alkanes) is 8. The summed E-state index contributed by atoms with van der Waals surface area (Å²) in [5, 5.41) is 74.7. The summed E-state index contributed by atoms with van der Waals surface area (Å²) in [6.45, 7) is 3.48. The topological polar surface area (TPSA) is 239 Å². The number of carboxylic acids is 1. The minimum absolute atomic E-state index is 0.00664. The van der Waals surface area contributed by atoms with Crippen molar-refractivity contribution in [2.24, 2.45) is 17.6 Å². The van der Waals surface area contributed by atoms with Crippen LogP contribution in [0, 0.1) is 11.8 Å². The van der Waals surface area contributed by atoms with Gasteiger partial charge in [-0.25, -0.2) is 0 Å². The van der Waals surface area contributed by atoms with Crippen molar-refractivity contribution in [2.45, 2.75) is 101 Å². The van der Waals surface area contributed by atoms with Crippen LogP contribution in [-0.4, -0.2) is 95.9 Å². The van der Waals surface area contributed by atoms with Gasteiger partial charge in [-0.2, -0.15) is 0 Å². The zero-order valence-corrected chi connectivity index (χ0v) is 27.4. The second-order valence-corrected chi connectivity index (χ2v) is 13.0. The van der Waals surface area contributed by atoms with Gasteiger partial charge in [0, 0.05) is 6.42 Å². The number of phenols is 1. The SMILES string of the molecule is CCCCCCCCCCCC(=O)O.CN(C)[C@@H]1C(=O)C(C(N)=O)=C(O)[C@@]2(O)C(=O)C3=C(O)c4c(O)cccc4[C@@](C)(O)[C@H]3[C@H](O)[C@@H]12. The molecule has 0 radical (unpaired) electrons. The number of amides is 1. The number of hydrogen-bond acceptors (Lipinski definition) is 11. The number of likely N-dealkylation sites (N-methyl/N-ethyl adjacent to an activating group) is 1. The van der Waals surface area contributed by atoms with E-state index in [1.54, 1.807) is 0 Å². The summed E-state index contributed by atoms with van der Waals surface area (Å²) in [6.07, 6.45) is 9.61. The first-order chi connectivity index (χ1) is 22.0. The highest BCUT2D eigenvalue weighted by Gasteiger charge is 2.70. The molecule has 1 aromatic rings. The highest BCUT2D eigenvalue weighted by Crippen LogP contribution is 2.57. The Morgan fingerprint density at radius 2 is 1.49 bits per heavy atom. The predicted molar refractivity (Wildman–Crippen MR) is 171 cm³/mol. The van der Waals surface area contributed by atoms with Crippen LogP contribution in [0.5, 0.6) is 5.75 Å². The van der Waals surface area contributed by atoms with E-state index in [2.05, 4.69) is 6.92 Å². The van der Waals surface area contributed by atoms with Crippen LogP contribution in [0.15, 0.2) is 35.1 Å². The smallest absolute Gasteiger partial charge is 0.303 e. The molecule has 47 heavy (non-hydrogen) atoms. The maximum absolute atomic E-state index is 13.7. The van der Waals surface area contributed by atoms with E-state index in [9.17, 15) is 49.8 Å². The van der Waals surface area contributed by atoms with E-state index in [0.717, 1.165) is 12.8 Å². The lowest BCUT2D eigenvalue weighted by molar-refractivity contribution is -0.181. The minimum atomic E-state index is -3.02. The molecule has 0 aliphatic heterocycles. The van der Waals surface area contributed by atoms with Crippen LogP contribution in [0.4, 0.5) is 0 Å². The number of ketones is 2. The van der Waals surface area contributed by atoms with E-state index in [-0.39, 0.29) is 11.1 Å². The third-order valence-corrected chi connectivity index (χ3v) is 9.53. The number of benzene rings is 1. The van der Waals surface area contributed by atoms with E-state index in [1.807, 2.05) is 0 Å². The van der Waals surface area contributed by atoms with Crippen LogP contribution in [0.25, 0.3) is 5.76 Å². The van der Waals surface area contributed by atoms with E-state index in [0.29, 0.717) is 6.42 Å². The number of carbonyl (C=O) groups is 4. The molecule has 0 spiro atoms. The number of primary amides is 1. The van der Waals surface area contributed by atoms with Crippen LogP contribution >= 0.6 is 0 Å². The molecule has 9 N–H and O–H groups in total. The molecule has 0 heterocycles. The average Bonchev–Trinajstić information content (AvgIpc) is 2.98. The largest absolute Gasteiger partial charge is 0.508 e. The van der Waals surface area contributed by atoms with Crippen molar-refractivity contribution < 1.29 is 54.9 Å². The molecule has 260 valence electrons. The Kier molecular flexibility index (Phi) is 12.0. The fourth-order valence-electron chi connectivity index (χ4n) is 7.18. The van der Waals surface area contributed by atoms with Gasteiger partial charge < -0.3 is 41.5 Å². The Bertz CT molecular complexity index is 1450. The number of carboxylic acid groups (broad SMARTS) is 1. The van der Waals surface area contributed by atoms with E-state index in [1.165, 1.54) is 89.1 Å². The van der Waals surface area contributed by atoms with Gasteiger partial charge in [-0.3, -0.25) is 24.1 Å². The molecule has 3 aliphatic carbocycles. The standard InChI is InChI=1S/C22H24N2O9.C12H24O2/c1-21(32)7-5-4-6-8(25)9(7)15(26)10-12(21)17(28)13-14(24(2)3)16(27)11(20(23)31)19(30)22(13,33)18(10)29;1-2-3-4-5-6-7-8-9-10-11-12(13)14/h4-6,12-14,17,25-26,28,30,32-33H,1-3H3,(H2,23,31);2-11H2,1H3,(H,13,14)/t12-,13-,14+,17+,21-,22+;/m1./s1. The molecule has 1 fully saturated rings. The average molecular weight is 661 g/mol. The lowest BCUT2D eigenvalue weighted by Gasteiger charge is -2.55. The van der Waals surface area contributed by atoms with Gasteiger partial charge in [-0.1, -0.05) is 70.4 Å². The fourth-order valence-corrected chi connectivity index (χ4v) is 7.18. The number of aliphatic hydroxyl groups excluding tert-OH is 3. The van der Waals surface area contributed by atoms with Crippen molar-refractivity contribution in [1.82, 2.24) is 4.90 Å². The molecule has 3 aliphatic rings. The van der Waals surface area contributed by atoms with Crippen LogP contribution < -0.4 is 5.73 Å². The molecule has 13 nitrogen and oxygen atoms in total. The number of aromatic hydroxyl groups is 1. The maximum Gasteiger partial charge on any atom is 0.303 e. The second kappa shape index (κ2) is 15.0. The molecule has 0 bridgehead atoms. The molecule has 6 atom stereocenters. The molecule has 1 amide bonds. The summed E-state index contributed by atoms with van der Waals surface area (Å²) in [7, 11) is 2.80. The normalized spacial score (nSPS) is 28.3. The number of nitrogens with two attached hydrogens (primary N) is 1. The fraction of sp³-hybridized carbons (Fsp3) is 0.588. The summed E-state index contributed by atoms with van der Waals surface area (Å²) < 4.78 is 0. The van der Waals surface area contributed by atoms with E-state index in [4.69, 9.17) is 10.8 Å². The molecular formula is C34H48N2O11. The highest BCUT2D eigenvalue weighted by molar-refractivity contribution is 6.24. The summed E-state index contributed by atoms with van der Waals surface area (Å²) in [6, 6.07) is 2.50. The first kappa shape index (κ1) is 37.7. The third kappa shape index (κ3) is 6.94. The van der Waals surface area contributed by atoms with Gasteiger partial charge in [0.05, 0.1) is 40.7 Å². The number of carbonyl (C=O) groups excluding carboxylic acids is 3. The van der Waals surface area contributed by atoms with E-state index < -0.39 is 87.0 Å². The highest BCUT2D eigenvalue weighted by atomic mass is 16.4. The molecule has 4 rings (SSSR count). The summed E-state index contributed by atoms with van der Waals surface area (Å²) in [4.78, 5) is 50.1. The number of rotatable bonds is 12. The van der Waals surface area contributed by atoms with Gasteiger partial charge in [0.2, 0.25) is 5.78 Å². The van der Waals surface area contributed by atoms with Gasteiger partial charge in [0.1, 0.15) is 22.8 Å². The summed E-state index contributed by atoms with van der Waals surface area (Å²) >= 11 is 0. The predicted octanol–water partition coefficient (Wildman–Crippen LogP) is 2.59. The van der Waals surface area contributed by atoms with Gasteiger partial charge in [0.25, 0.3) is 5.91 Å². The second-order valence-electron chi connectivity index (χ2n) is 13.0. The Hall–Kier alpha value is -3.78. The van der Waals surface area contributed by atoms with Gasteiger partial charge in [-0.05, 0) is 39.1 Å². The maximum atomic E-state index is 13.7. The molecular weight excluding hydrogens is 612 g/mol. The third-order valence-electron chi connectivity index (χ3n) is 9.53. The van der Waals surface area contributed by atoms with Gasteiger partial charge in [-0.15, -0.1) is 0 Å². The lowest BCUT2D eigenvalue weighted by atomic mass is 9.53. The van der Waals surface area contributed by atoms with Crippen molar-refractivity contribution in [2.75, 3.05) is 14.1 Å². The molecule has 0 saturated heterocycles. The number of aliphatic carboxylic acids is 1. The van der Waals surface area contributed by atoms with Crippen molar-refractivity contribution >= 4 is 29.2 Å². The van der Waals surface area contributed by atoms with Crippen molar-refractivity contribution in [3.63, 3.8) is 0 Å². The molecule has 1 saturated carbocycles. The van der Waals surface area contributed by atoms with Crippen LogP contribution in [0.3, 0.4) is 0 Å². The van der Waals surface area contributed by atoms with Crippen LogP contribution in [0.1, 0.15) is 89.2 Å². The Labute approximate surface area is 274 Å². The van der Waals surface area contributed by atoms with Crippen molar-refractivity contribution in [1.29, 1.82) is 0 Å². The van der Waals surface area contributed by atoms with Gasteiger partial charge >= 0.3 is 5.97 Å². The number of hydrogen-bond donors (Lipinski definition) is 8. The van der Waals surface area contributed by atoms with Crippen LogP contribution in [0.2, 0.25) is 0 Å². The molecule has 13 heteroatoms. The summed E-state index contributed by atoms with van der Waals surface area (Å²) in [5.41, 5.74) is -1.78. The van der Waals surface area contributed by atoms with E-state index >= 15 is 0 Å². The first-order valence-electron chi connectivity index (χ1n) is 16.1. The summed E-state index contributed by atoms with van der Waals surface area (Å²) in [5.74, 6) is -10.3. The zero-order valence-electron chi connectivity index (χ0n) is 27.4. The monoisotopic (exact) mass is 660 g/mol. The first-order valence-corrected chi connectivity index (χ1v) is 16.1. The quantitative estimate of drug-likeness (QED) is 0.119. The number of nitrogens with zero attached hydrogens (tertiary/aromatic N) is 1. The molecule has 0 unspecified atom stereocenters. The Morgan fingerprint density at radius 1 is 0.936 bits per heavy atom. The van der Waals surface area contributed by atoms with Crippen LogP contribution in [-0.2, 0) is 24.8 Å².